The van der Waals surface area contributed by atoms with Crippen molar-refractivity contribution < 1.29 is 23.8 Å². The monoisotopic (exact) mass is 402 g/mol. The largest absolute Gasteiger partial charge is 0.493 e. The molecule has 1 saturated heterocycles. The number of amidine groups is 1. The number of benzene rings is 1. The Morgan fingerprint density at radius 1 is 1.32 bits per heavy atom. The average molecular weight is 402 g/mol. The maximum Gasteiger partial charge on any atom is 0.338 e. The number of aliphatic imine (C=N–C) groups is 1. The van der Waals surface area contributed by atoms with E-state index in [9.17, 15) is 9.59 Å². The molecule has 0 bridgehead atoms. The standard InChI is InChI=1S/C20H22N2O5S/c1-6-9-27-19(24)16-11(2)21-20-22(18(23)12(3)28-20)17(16)13-7-8-14(25-4)15(10-13)26-5/h6-8,10,12,17H,1,9H2,2-5H3/t12-,17+/m1/s1. The van der Waals surface area contributed by atoms with Crippen LogP contribution in [0.1, 0.15) is 25.5 Å². The summed E-state index contributed by atoms with van der Waals surface area (Å²) in [4.78, 5) is 31.7. The van der Waals surface area contributed by atoms with Crippen LogP contribution >= 0.6 is 11.8 Å². The second-order valence-corrected chi connectivity index (χ2v) is 7.57. The molecule has 8 heteroatoms. The Morgan fingerprint density at radius 2 is 2.04 bits per heavy atom. The van der Waals surface area contributed by atoms with Crippen molar-refractivity contribution >= 4 is 28.8 Å². The summed E-state index contributed by atoms with van der Waals surface area (Å²) < 4.78 is 16.0. The van der Waals surface area contributed by atoms with Gasteiger partial charge in [0.15, 0.2) is 16.7 Å². The highest BCUT2D eigenvalue weighted by atomic mass is 32.2. The molecule has 1 aromatic rings. The molecule has 1 fully saturated rings. The van der Waals surface area contributed by atoms with Crippen molar-refractivity contribution in [3.05, 3.63) is 47.7 Å². The van der Waals surface area contributed by atoms with Crippen molar-refractivity contribution in [2.75, 3.05) is 20.8 Å². The lowest BCUT2D eigenvalue weighted by Gasteiger charge is -2.33. The molecule has 0 aromatic heterocycles. The van der Waals surface area contributed by atoms with Crippen LogP contribution in [-0.4, -0.2) is 48.0 Å². The zero-order chi connectivity index (χ0) is 20.4. The normalized spacial score (nSPS) is 21.2. The molecule has 0 radical (unpaired) electrons. The molecule has 3 rings (SSSR count). The summed E-state index contributed by atoms with van der Waals surface area (Å²) in [5.74, 6) is 0.429. The van der Waals surface area contributed by atoms with Gasteiger partial charge < -0.3 is 14.2 Å². The Morgan fingerprint density at radius 3 is 2.68 bits per heavy atom. The molecule has 2 aliphatic heterocycles. The van der Waals surface area contributed by atoms with Crippen LogP contribution in [0.3, 0.4) is 0 Å². The number of methoxy groups -OCH3 is 2. The Bertz CT molecular complexity index is 893. The minimum absolute atomic E-state index is 0.0734. The van der Waals surface area contributed by atoms with Gasteiger partial charge in [0.2, 0.25) is 5.91 Å². The number of amides is 1. The lowest BCUT2D eigenvalue weighted by Crippen LogP contribution is -2.40. The molecular formula is C20H22N2O5S. The van der Waals surface area contributed by atoms with Gasteiger partial charge in [0.1, 0.15) is 6.61 Å². The number of nitrogens with zero attached hydrogens (tertiary/aromatic N) is 2. The first-order valence-electron chi connectivity index (χ1n) is 8.72. The van der Waals surface area contributed by atoms with E-state index in [0.717, 1.165) is 0 Å². The van der Waals surface area contributed by atoms with Crippen LogP contribution in [0.5, 0.6) is 11.5 Å². The van der Waals surface area contributed by atoms with Crippen LogP contribution in [0.25, 0.3) is 0 Å². The first-order valence-corrected chi connectivity index (χ1v) is 9.60. The molecule has 7 nitrogen and oxygen atoms in total. The Hall–Kier alpha value is -2.74. The van der Waals surface area contributed by atoms with Crippen molar-refractivity contribution in [1.29, 1.82) is 0 Å². The number of fused-ring (bicyclic) bond motifs is 1. The molecule has 2 heterocycles. The number of rotatable bonds is 6. The maximum atomic E-state index is 12.9. The van der Waals surface area contributed by atoms with E-state index in [1.54, 1.807) is 31.1 Å². The van der Waals surface area contributed by atoms with Crippen LogP contribution < -0.4 is 9.47 Å². The zero-order valence-corrected chi connectivity index (χ0v) is 17.0. The molecule has 0 N–H and O–H groups in total. The number of carbonyl (C=O) groups excluding carboxylic acids is 2. The fourth-order valence-electron chi connectivity index (χ4n) is 3.21. The molecule has 28 heavy (non-hydrogen) atoms. The highest BCUT2D eigenvalue weighted by molar-refractivity contribution is 8.15. The fraction of sp³-hybridized carbons (Fsp3) is 0.350. The van der Waals surface area contributed by atoms with Gasteiger partial charge in [-0.15, -0.1) is 0 Å². The van der Waals surface area contributed by atoms with Gasteiger partial charge in [-0.3, -0.25) is 9.69 Å². The SMILES string of the molecule is C=CCOC(=O)C1=C(C)N=C2S[C@H](C)C(=O)N2[C@H]1c1ccc(OC)c(OC)c1. The predicted octanol–water partition coefficient (Wildman–Crippen LogP) is 3.08. The first-order chi connectivity index (χ1) is 13.4. The van der Waals surface area contributed by atoms with Crippen LogP contribution in [0.2, 0.25) is 0 Å². The minimum atomic E-state index is -0.658. The van der Waals surface area contributed by atoms with Gasteiger partial charge in [-0.25, -0.2) is 9.79 Å². The smallest absolute Gasteiger partial charge is 0.338 e. The van der Waals surface area contributed by atoms with Crippen LogP contribution in [0, 0.1) is 0 Å². The van der Waals surface area contributed by atoms with E-state index in [0.29, 0.717) is 33.5 Å². The molecule has 0 unspecified atom stereocenters. The van der Waals surface area contributed by atoms with E-state index < -0.39 is 12.0 Å². The zero-order valence-electron chi connectivity index (χ0n) is 16.2. The van der Waals surface area contributed by atoms with Gasteiger partial charge in [0, 0.05) is 0 Å². The summed E-state index contributed by atoms with van der Waals surface area (Å²) in [6.07, 6.45) is 1.50. The third-order valence-corrected chi connectivity index (χ3v) is 5.59. The summed E-state index contributed by atoms with van der Waals surface area (Å²) in [6.45, 7) is 7.22. The number of ether oxygens (including phenoxy) is 3. The van der Waals surface area contributed by atoms with Crippen LogP contribution in [0.4, 0.5) is 0 Å². The Kier molecular flexibility index (Phi) is 5.79. The number of hydrogen-bond donors (Lipinski definition) is 0. The number of esters is 1. The molecule has 0 aliphatic carbocycles. The van der Waals surface area contributed by atoms with Gasteiger partial charge in [0.25, 0.3) is 0 Å². The highest BCUT2D eigenvalue weighted by Gasteiger charge is 2.46. The topological polar surface area (TPSA) is 77.4 Å². The highest BCUT2D eigenvalue weighted by Crippen LogP contribution is 2.44. The van der Waals surface area contributed by atoms with E-state index in [-0.39, 0.29) is 17.8 Å². The molecule has 1 aromatic carbocycles. The maximum absolute atomic E-state index is 12.9. The van der Waals surface area contributed by atoms with E-state index in [1.807, 2.05) is 13.0 Å². The number of carbonyl (C=O) groups is 2. The lowest BCUT2D eigenvalue weighted by atomic mass is 9.94. The van der Waals surface area contributed by atoms with Crippen molar-refractivity contribution in [1.82, 2.24) is 4.90 Å². The molecule has 0 spiro atoms. The Labute approximate surface area is 168 Å². The fourth-order valence-corrected chi connectivity index (χ4v) is 4.24. The van der Waals surface area contributed by atoms with Gasteiger partial charge in [-0.05, 0) is 31.5 Å². The third kappa shape index (κ3) is 3.40. The molecule has 2 atom stereocenters. The molecular weight excluding hydrogens is 380 g/mol. The predicted molar refractivity (Wildman–Crippen MR) is 107 cm³/mol. The summed E-state index contributed by atoms with van der Waals surface area (Å²) in [5.41, 5.74) is 1.55. The second kappa shape index (κ2) is 8.10. The van der Waals surface area contributed by atoms with Gasteiger partial charge in [-0.2, -0.15) is 0 Å². The number of hydrogen-bond acceptors (Lipinski definition) is 7. The first kappa shape index (κ1) is 20.0. The summed E-state index contributed by atoms with van der Waals surface area (Å²) in [7, 11) is 3.09. The van der Waals surface area contributed by atoms with E-state index >= 15 is 0 Å². The average Bonchev–Trinajstić information content (AvgIpc) is 2.97. The number of thioether (sulfide) groups is 1. The minimum Gasteiger partial charge on any atom is -0.493 e. The molecule has 148 valence electrons. The molecule has 0 saturated carbocycles. The third-order valence-electron chi connectivity index (χ3n) is 4.53. The van der Waals surface area contributed by atoms with Gasteiger partial charge in [0.05, 0.1) is 36.8 Å². The lowest BCUT2D eigenvalue weighted by molar-refractivity contribution is -0.139. The quantitative estimate of drug-likeness (QED) is 0.538. The van der Waals surface area contributed by atoms with Crippen LogP contribution in [-0.2, 0) is 14.3 Å². The summed E-state index contributed by atoms with van der Waals surface area (Å²) in [5, 5.41) is 0.299. The summed E-state index contributed by atoms with van der Waals surface area (Å²) >= 11 is 1.38. The number of allylic oxidation sites excluding steroid dienone is 1. The second-order valence-electron chi connectivity index (χ2n) is 6.27. The van der Waals surface area contributed by atoms with Crippen molar-refractivity contribution in [3.8, 4) is 11.5 Å². The van der Waals surface area contributed by atoms with E-state index in [2.05, 4.69) is 11.6 Å². The van der Waals surface area contributed by atoms with Gasteiger partial charge in [-0.1, -0.05) is 30.5 Å². The van der Waals surface area contributed by atoms with E-state index in [4.69, 9.17) is 14.2 Å². The van der Waals surface area contributed by atoms with E-state index in [1.165, 1.54) is 24.9 Å². The van der Waals surface area contributed by atoms with Gasteiger partial charge >= 0.3 is 5.97 Å². The summed E-state index contributed by atoms with van der Waals surface area (Å²) in [6, 6.07) is 4.67. The van der Waals surface area contributed by atoms with Crippen molar-refractivity contribution in [2.24, 2.45) is 4.99 Å². The Balaban J connectivity index is 2.14. The van der Waals surface area contributed by atoms with Crippen LogP contribution in [0.15, 0.2) is 47.1 Å². The molecule has 1 amide bonds. The van der Waals surface area contributed by atoms with Crippen molar-refractivity contribution in [2.45, 2.75) is 25.1 Å². The molecule has 2 aliphatic rings. The van der Waals surface area contributed by atoms with Crippen molar-refractivity contribution in [3.63, 3.8) is 0 Å².